The van der Waals surface area contributed by atoms with Crippen molar-refractivity contribution in [2.45, 2.75) is 25.7 Å². The van der Waals surface area contributed by atoms with Crippen molar-refractivity contribution in [2.75, 3.05) is 40.0 Å². The van der Waals surface area contributed by atoms with E-state index in [-0.39, 0.29) is 23.1 Å². The lowest BCUT2D eigenvalue weighted by atomic mass is 9.71. The average Bonchev–Trinajstić information content (AvgIpc) is 3.47. The number of nitrogens with one attached hydrogen (secondary N) is 1. The van der Waals surface area contributed by atoms with Crippen molar-refractivity contribution in [3.8, 4) is 5.75 Å². The Morgan fingerprint density at radius 1 is 1.30 bits per heavy atom. The number of carbonyl (C=O) groups excluding carboxylic acids is 2. The van der Waals surface area contributed by atoms with Gasteiger partial charge in [-0.25, -0.2) is 0 Å². The first-order valence-corrected chi connectivity index (χ1v) is 9.90. The lowest BCUT2D eigenvalue weighted by Crippen LogP contribution is -2.44. The number of amides is 2. The molecule has 0 aromatic heterocycles. The van der Waals surface area contributed by atoms with E-state index < -0.39 is 0 Å². The van der Waals surface area contributed by atoms with Gasteiger partial charge < -0.3 is 19.7 Å². The molecule has 0 bridgehead atoms. The number of hydrogen-bond donors (Lipinski definition) is 1. The molecule has 1 aromatic carbocycles. The van der Waals surface area contributed by atoms with E-state index in [1.54, 1.807) is 13.2 Å². The molecule has 3 fully saturated rings. The molecule has 27 heavy (non-hydrogen) atoms. The predicted molar refractivity (Wildman–Crippen MR) is 101 cm³/mol. The Bertz CT molecular complexity index is 710. The topological polar surface area (TPSA) is 67.9 Å². The maximum Gasteiger partial charge on any atom is 0.254 e. The molecule has 2 aliphatic heterocycles. The molecular weight excluding hydrogens is 344 g/mol. The van der Waals surface area contributed by atoms with Crippen molar-refractivity contribution in [1.29, 1.82) is 0 Å². The van der Waals surface area contributed by atoms with Gasteiger partial charge in [0, 0.05) is 43.8 Å². The molecule has 1 saturated carbocycles. The van der Waals surface area contributed by atoms with Gasteiger partial charge in [0.2, 0.25) is 5.91 Å². The third kappa shape index (κ3) is 3.81. The Morgan fingerprint density at radius 3 is 2.78 bits per heavy atom. The van der Waals surface area contributed by atoms with E-state index in [9.17, 15) is 9.59 Å². The van der Waals surface area contributed by atoms with Crippen LogP contribution >= 0.6 is 0 Å². The Kier molecular flexibility index (Phi) is 5.08. The van der Waals surface area contributed by atoms with Crippen LogP contribution in [0.2, 0.25) is 0 Å². The van der Waals surface area contributed by atoms with Crippen LogP contribution in [-0.4, -0.2) is 56.7 Å². The summed E-state index contributed by atoms with van der Waals surface area (Å²) < 4.78 is 10.8. The van der Waals surface area contributed by atoms with Crippen molar-refractivity contribution < 1.29 is 19.1 Å². The quantitative estimate of drug-likeness (QED) is 0.859. The zero-order chi connectivity index (χ0) is 18.9. The minimum Gasteiger partial charge on any atom is -0.497 e. The first kappa shape index (κ1) is 18.3. The predicted octanol–water partition coefficient (Wildman–Crippen LogP) is 2.09. The lowest BCUT2D eigenvalue weighted by Gasteiger charge is -2.37. The SMILES string of the molecule is COc1cccc(C(=O)N2C[C@@H](C(=O)NCC3CC3)C3(CCOCC3)C2)c1. The van der Waals surface area contributed by atoms with Crippen molar-refractivity contribution in [1.82, 2.24) is 10.2 Å². The van der Waals surface area contributed by atoms with E-state index in [1.807, 2.05) is 23.1 Å². The number of carbonyl (C=O) groups is 2. The highest BCUT2D eigenvalue weighted by molar-refractivity contribution is 5.95. The summed E-state index contributed by atoms with van der Waals surface area (Å²) in [5, 5.41) is 3.14. The van der Waals surface area contributed by atoms with Gasteiger partial charge in [0.05, 0.1) is 13.0 Å². The van der Waals surface area contributed by atoms with Crippen LogP contribution in [0.1, 0.15) is 36.0 Å². The zero-order valence-electron chi connectivity index (χ0n) is 15.9. The zero-order valence-corrected chi connectivity index (χ0v) is 15.9. The molecular formula is C21H28N2O4. The van der Waals surface area contributed by atoms with Gasteiger partial charge in [-0.15, -0.1) is 0 Å². The average molecular weight is 372 g/mol. The van der Waals surface area contributed by atoms with Crippen LogP contribution in [0.4, 0.5) is 0 Å². The molecule has 4 rings (SSSR count). The molecule has 1 spiro atoms. The Hall–Kier alpha value is -2.08. The standard InChI is InChI=1S/C21H28N2O4/c1-26-17-4-2-3-16(11-17)20(25)23-13-18(19(24)22-12-15-5-6-15)21(14-23)7-9-27-10-8-21/h2-4,11,15,18H,5-10,12-14H2,1H3,(H,22,24)/t18-/m0/s1. The van der Waals surface area contributed by atoms with Crippen LogP contribution in [-0.2, 0) is 9.53 Å². The van der Waals surface area contributed by atoms with Crippen molar-refractivity contribution in [3.05, 3.63) is 29.8 Å². The van der Waals surface area contributed by atoms with Gasteiger partial charge in [-0.05, 0) is 49.8 Å². The van der Waals surface area contributed by atoms with Gasteiger partial charge in [0.15, 0.2) is 0 Å². The molecule has 0 radical (unpaired) electrons. The van der Waals surface area contributed by atoms with Crippen LogP contribution in [0.3, 0.4) is 0 Å². The normalized spacial score (nSPS) is 24.0. The first-order chi connectivity index (χ1) is 13.1. The van der Waals surface area contributed by atoms with Crippen LogP contribution in [0, 0.1) is 17.3 Å². The molecule has 6 nitrogen and oxygen atoms in total. The monoisotopic (exact) mass is 372 g/mol. The first-order valence-electron chi connectivity index (χ1n) is 9.90. The van der Waals surface area contributed by atoms with Crippen molar-refractivity contribution in [3.63, 3.8) is 0 Å². The summed E-state index contributed by atoms with van der Waals surface area (Å²) in [6, 6.07) is 7.22. The second-order valence-corrected chi connectivity index (χ2v) is 8.13. The van der Waals surface area contributed by atoms with Crippen molar-refractivity contribution >= 4 is 11.8 Å². The summed E-state index contributed by atoms with van der Waals surface area (Å²) in [6.07, 6.45) is 4.08. The molecule has 146 valence electrons. The Labute approximate surface area is 160 Å². The van der Waals surface area contributed by atoms with Crippen LogP contribution in [0.15, 0.2) is 24.3 Å². The number of methoxy groups -OCH3 is 1. The van der Waals surface area contributed by atoms with Crippen LogP contribution in [0.25, 0.3) is 0 Å². The lowest BCUT2D eigenvalue weighted by molar-refractivity contribution is -0.129. The number of hydrogen-bond acceptors (Lipinski definition) is 4. The number of nitrogens with zero attached hydrogens (tertiary/aromatic N) is 1. The third-order valence-electron chi connectivity index (χ3n) is 6.32. The van der Waals surface area contributed by atoms with Crippen LogP contribution < -0.4 is 10.1 Å². The molecule has 1 N–H and O–H groups in total. The molecule has 6 heteroatoms. The molecule has 2 saturated heterocycles. The minimum atomic E-state index is -0.166. The molecule has 2 amide bonds. The van der Waals surface area contributed by atoms with Gasteiger partial charge in [-0.1, -0.05) is 6.07 Å². The van der Waals surface area contributed by atoms with E-state index in [2.05, 4.69) is 5.32 Å². The van der Waals surface area contributed by atoms with Gasteiger partial charge in [-0.2, -0.15) is 0 Å². The second-order valence-electron chi connectivity index (χ2n) is 8.13. The smallest absolute Gasteiger partial charge is 0.254 e. The summed E-state index contributed by atoms with van der Waals surface area (Å²) in [6.45, 7) is 3.19. The molecule has 1 atom stereocenters. The number of likely N-dealkylation sites (tertiary alicyclic amines) is 1. The van der Waals surface area contributed by atoms with Crippen LogP contribution in [0.5, 0.6) is 5.75 Å². The third-order valence-corrected chi connectivity index (χ3v) is 6.32. The van der Waals surface area contributed by atoms with E-state index in [0.29, 0.717) is 43.5 Å². The van der Waals surface area contributed by atoms with Gasteiger partial charge in [0.25, 0.3) is 5.91 Å². The Balaban J connectivity index is 1.52. The maximum absolute atomic E-state index is 13.1. The summed E-state index contributed by atoms with van der Waals surface area (Å²) in [4.78, 5) is 27.9. The fraction of sp³-hybridized carbons (Fsp3) is 0.619. The maximum atomic E-state index is 13.1. The summed E-state index contributed by atoms with van der Waals surface area (Å²) in [7, 11) is 1.59. The number of ether oxygens (including phenoxy) is 2. The molecule has 1 aromatic rings. The number of benzene rings is 1. The highest BCUT2D eigenvalue weighted by Gasteiger charge is 2.51. The van der Waals surface area contributed by atoms with Crippen molar-refractivity contribution in [2.24, 2.45) is 17.3 Å². The summed E-state index contributed by atoms with van der Waals surface area (Å²) >= 11 is 0. The summed E-state index contributed by atoms with van der Waals surface area (Å²) in [5.41, 5.74) is 0.441. The van der Waals surface area contributed by atoms with Gasteiger partial charge in [-0.3, -0.25) is 9.59 Å². The van der Waals surface area contributed by atoms with E-state index in [4.69, 9.17) is 9.47 Å². The van der Waals surface area contributed by atoms with Gasteiger partial charge in [0.1, 0.15) is 5.75 Å². The fourth-order valence-electron chi connectivity index (χ4n) is 4.40. The Morgan fingerprint density at radius 2 is 2.07 bits per heavy atom. The molecule has 3 aliphatic rings. The number of rotatable bonds is 5. The molecule has 0 unspecified atom stereocenters. The van der Waals surface area contributed by atoms with E-state index in [1.165, 1.54) is 12.8 Å². The van der Waals surface area contributed by atoms with E-state index >= 15 is 0 Å². The fourth-order valence-corrected chi connectivity index (χ4v) is 4.40. The second kappa shape index (κ2) is 7.50. The summed E-state index contributed by atoms with van der Waals surface area (Å²) in [5.74, 6) is 1.23. The molecule has 2 heterocycles. The van der Waals surface area contributed by atoms with E-state index in [0.717, 1.165) is 19.4 Å². The minimum absolute atomic E-state index is 0.0303. The van der Waals surface area contributed by atoms with Gasteiger partial charge >= 0.3 is 0 Å². The largest absolute Gasteiger partial charge is 0.497 e. The highest BCUT2D eigenvalue weighted by atomic mass is 16.5. The molecule has 1 aliphatic carbocycles. The highest BCUT2D eigenvalue weighted by Crippen LogP contribution is 2.45.